The van der Waals surface area contributed by atoms with Gasteiger partial charge in [0.2, 0.25) is 5.89 Å². The van der Waals surface area contributed by atoms with Crippen LogP contribution >= 0.6 is 0 Å². The van der Waals surface area contributed by atoms with Gasteiger partial charge in [-0.2, -0.15) is 0 Å². The maximum Gasteiger partial charge on any atom is 0.255 e. The molecule has 4 aromatic rings. The Morgan fingerprint density at radius 1 is 0.889 bits per heavy atom. The number of carbonyl (C=O) groups excluding carboxylic acids is 1. The summed E-state index contributed by atoms with van der Waals surface area (Å²) in [6, 6.07) is 19.2. The maximum absolute atomic E-state index is 12.6. The van der Waals surface area contributed by atoms with Gasteiger partial charge >= 0.3 is 0 Å². The van der Waals surface area contributed by atoms with Crippen molar-refractivity contribution in [3.8, 4) is 11.5 Å². The Balaban J connectivity index is 1.63. The van der Waals surface area contributed by atoms with Crippen LogP contribution in [0.5, 0.6) is 0 Å². The number of benzene rings is 3. The first-order chi connectivity index (χ1) is 13.0. The zero-order valence-electron chi connectivity index (χ0n) is 15.5. The molecule has 4 nitrogen and oxygen atoms in total. The van der Waals surface area contributed by atoms with Crippen molar-refractivity contribution in [2.45, 2.75) is 20.8 Å². The Labute approximate surface area is 157 Å². The number of hydrogen-bond acceptors (Lipinski definition) is 3. The topological polar surface area (TPSA) is 55.1 Å². The first-order valence-electron chi connectivity index (χ1n) is 8.87. The number of para-hydroxylation sites is 1. The third-order valence-corrected chi connectivity index (χ3v) is 4.73. The van der Waals surface area contributed by atoms with Gasteiger partial charge in [0.25, 0.3) is 5.91 Å². The molecule has 134 valence electrons. The smallest absolute Gasteiger partial charge is 0.255 e. The van der Waals surface area contributed by atoms with Crippen molar-refractivity contribution >= 4 is 22.7 Å². The molecule has 27 heavy (non-hydrogen) atoms. The highest BCUT2D eigenvalue weighted by Crippen LogP contribution is 2.29. The molecule has 0 radical (unpaired) electrons. The van der Waals surface area contributed by atoms with Crippen LogP contribution in [0.3, 0.4) is 0 Å². The summed E-state index contributed by atoms with van der Waals surface area (Å²) in [5.41, 5.74) is 6.98. The molecule has 4 rings (SSSR count). The summed E-state index contributed by atoms with van der Waals surface area (Å²) in [7, 11) is 0. The van der Waals surface area contributed by atoms with Crippen LogP contribution in [0.4, 0.5) is 5.69 Å². The van der Waals surface area contributed by atoms with E-state index in [0.717, 1.165) is 39.0 Å². The van der Waals surface area contributed by atoms with Crippen LogP contribution in [-0.2, 0) is 0 Å². The average Bonchev–Trinajstić information content (AvgIpc) is 3.09. The number of aromatic nitrogens is 1. The summed E-state index contributed by atoms with van der Waals surface area (Å²) in [5.74, 6) is 0.473. The molecule has 3 aromatic carbocycles. The van der Waals surface area contributed by atoms with Crippen molar-refractivity contribution in [3.05, 3.63) is 82.9 Å². The predicted octanol–water partition coefficient (Wildman–Crippen LogP) is 5.67. The Bertz CT molecular complexity index is 1160. The van der Waals surface area contributed by atoms with E-state index in [9.17, 15) is 4.79 Å². The van der Waals surface area contributed by atoms with Gasteiger partial charge in [-0.25, -0.2) is 4.98 Å². The van der Waals surface area contributed by atoms with Gasteiger partial charge in [-0.05, 0) is 67.8 Å². The van der Waals surface area contributed by atoms with E-state index in [1.165, 1.54) is 0 Å². The van der Waals surface area contributed by atoms with Crippen molar-refractivity contribution < 1.29 is 9.21 Å². The lowest BCUT2D eigenvalue weighted by molar-refractivity contribution is 0.102. The van der Waals surface area contributed by atoms with Gasteiger partial charge < -0.3 is 9.73 Å². The second kappa shape index (κ2) is 6.72. The maximum atomic E-state index is 12.6. The fraction of sp³-hybridized carbons (Fsp3) is 0.130. The lowest BCUT2D eigenvalue weighted by Crippen LogP contribution is -2.14. The van der Waals surface area contributed by atoms with Crippen molar-refractivity contribution in [3.63, 3.8) is 0 Å². The van der Waals surface area contributed by atoms with E-state index in [2.05, 4.69) is 10.3 Å². The number of anilines is 1. The van der Waals surface area contributed by atoms with Crippen LogP contribution in [0.1, 0.15) is 27.0 Å². The molecular weight excluding hydrogens is 336 g/mol. The number of aryl methyl sites for hydroxylation is 3. The number of fused-ring (bicyclic) bond motifs is 1. The number of amides is 1. The molecule has 0 aliphatic heterocycles. The molecule has 0 saturated heterocycles. The third-order valence-electron chi connectivity index (χ3n) is 4.73. The van der Waals surface area contributed by atoms with E-state index >= 15 is 0 Å². The summed E-state index contributed by atoms with van der Waals surface area (Å²) < 4.78 is 5.90. The SMILES string of the molecule is Cc1cc(-c2nc3c(C)cccc3o2)ccc1NC(=O)c1ccccc1C. The summed E-state index contributed by atoms with van der Waals surface area (Å²) in [5, 5.41) is 2.99. The first kappa shape index (κ1) is 17.0. The molecule has 0 bridgehead atoms. The summed E-state index contributed by atoms with van der Waals surface area (Å²) in [4.78, 5) is 17.2. The summed E-state index contributed by atoms with van der Waals surface area (Å²) >= 11 is 0. The van der Waals surface area contributed by atoms with Crippen molar-refractivity contribution in [1.82, 2.24) is 4.98 Å². The van der Waals surface area contributed by atoms with E-state index in [0.29, 0.717) is 11.5 Å². The van der Waals surface area contributed by atoms with Gasteiger partial charge in [0.15, 0.2) is 5.58 Å². The van der Waals surface area contributed by atoms with Gasteiger partial charge in [0, 0.05) is 16.8 Å². The minimum Gasteiger partial charge on any atom is -0.436 e. The molecule has 1 amide bonds. The predicted molar refractivity (Wildman–Crippen MR) is 108 cm³/mol. The highest BCUT2D eigenvalue weighted by atomic mass is 16.3. The molecule has 0 unspecified atom stereocenters. The number of carbonyl (C=O) groups is 1. The minimum absolute atomic E-state index is 0.110. The molecule has 1 N–H and O–H groups in total. The molecule has 0 aliphatic carbocycles. The number of oxazole rings is 1. The Kier molecular flexibility index (Phi) is 4.24. The highest BCUT2D eigenvalue weighted by Gasteiger charge is 2.13. The van der Waals surface area contributed by atoms with Crippen LogP contribution in [0.25, 0.3) is 22.6 Å². The molecule has 1 heterocycles. The Hall–Kier alpha value is -3.40. The van der Waals surface area contributed by atoms with Crippen LogP contribution in [0, 0.1) is 20.8 Å². The zero-order valence-corrected chi connectivity index (χ0v) is 15.5. The number of hydrogen-bond donors (Lipinski definition) is 1. The van der Waals surface area contributed by atoms with Gasteiger partial charge in [-0.3, -0.25) is 4.79 Å². The van der Waals surface area contributed by atoms with E-state index in [-0.39, 0.29) is 5.91 Å². The van der Waals surface area contributed by atoms with Gasteiger partial charge in [0.1, 0.15) is 5.52 Å². The van der Waals surface area contributed by atoms with Crippen molar-refractivity contribution in [2.75, 3.05) is 5.32 Å². The molecule has 0 atom stereocenters. The lowest BCUT2D eigenvalue weighted by Gasteiger charge is -2.10. The van der Waals surface area contributed by atoms with Crippen molar-refractivity contribution in [1.29, 1.82) is 0 Å². The Morgan fingerprint density at radius 3 is 2.41 bits per heavy atom. The summed E-state index contributed by atoms with van der Waals surface area (Å²) in [6.07, 6.45) is 0. The van der Waals surface area contributed by atoms with Crippen LogP contribution in [-0.4, -0.2) is 10.9 Å². The highest BCUT2D eigenvalue weighted by molar-refractivity contribution is 6.05. The second-order valence-corrected chi connectivity index (χ2v) is 6.74. The van der Waals surface area contributed by atoms with Gasteiger partial charge in [-0.15, -0.1) is 0 Å². The molecule has 0 aliphatic rings. The number of rotatable bonds is 3. The molecule has 4 heteroatoms. The van der Waals surface area contributed by atoms with Crippen LogP contribution in [0.2, 0.25) is 0 Å². The summed E-state index contributed by atoms with van der Waals surface area (Å²) in [6.45, 7) is 5.91. The molecule has 0 saturated carbocycles. The average molecular weight is 356 g/mol. The monoisotopic (exact) mass is 356 g/mol. The molecule has 0 fully saturated rings. The van der Waals surface area contributed by atoms with E-state index < -0.39 is 0 Å². The number of nitrogens with zero attached hydrogens (tertiary/aromatic N) is 1. The second-order valence-electron chi connectivity index (χ2n) is 6.74. The Morgan fingerprint density at radius 2 is 1.67 bits per heavy atom. The fourth-order valence-corrected chi connectivity index (χ4v) is 3.16. The largest absolute Gasteiger partial charge is 0.436 e. The normalized spacial score (nSPS) is 10.9. The van der Waals surface area contributed by atoms with E-state index in [1.807, 2.05) is 81.4 Å². The quantitative estimate of drug-likeness (QED) is 0.514. The molecular formula is C23H20N2O2. The molecule has 1 aromatic heterocycles. The van der Waals surface area contributed by atoms with Gasteiger partial charge in [0.05, 0.1) is 0 Å². The third kappa shape index (κ3) is 3.22. The van der Waals surface area contributed by atoms with Crippen molar-refractivity contribution in [2.24, 2.45) is 0 Å². The van der Waals surface area contributed by atoms with E-state index in [1.54, 1.807) is 0 Å². The van der Waals surface area contributed by atoms with E-state index in [4.69, 9.17) is 4.42 Å². The fourth-order valence-electron chi connectivity index (χ4n) is 3.16. The standard InChI is InChI=1S/C23H20N2O2/c1-14-7-4-5-9-18(14)22(26)24-19-12-11-17(13-16(19)3)23-25-21-15(2)8-6-10-20(21)27-23/h4-13H,1-3H3,(H,24,26). The molecule has 0 spiro atoms. The lowest BCUT2D eigenvalue weighted by atomic mass is 10.1. The zero-order chi connectivity index (χ0) is 19.0. The minimum atomic E-state index is -0.110. The number of nitrogens with one attached hydrogen (secondary N) is 1. The first-order valence-corrected chi connectivity index (χ1v) is 8.87. The van der Waals surface area contributed by atoms with Crippen LogP contribution in [0.15, 0.2) is 65.1 Å². The van der Waals surface area contributed by atoms with Crippen LogP contribution < -0.4 is 5.32 Å². The van der Waals surface area contributed by atoms with Gasteiger partial charge in [-0.1, -0.05) is 30.3 Å².